The molecule has 2 saturated carbocycles. The van der Waals surface area contributed by atoms with Crippen molar-refractivity contribution in [2.45, 2.75) is 99.5 Å². The summed E-state index contributed by atoms with van der Waals surface area (Å²) in [6, 6.07) is 13.9. The Labute approximate surface area is 272 Å². The first kappa shape index (κ1) is 35.7. The number of aliphatic hydroxyl groups is 2. The monoisotopic (exact) mass is 640 g/mol. The van der Waals surface area contributed by atoms with Crippen molar-refractivity contribution < 1.29 is 39.5 Å². The highest BCUT2D eigenvalue weighted by Crippen LogP contribution is 2.46. The molecule has 2 aliphatic carbocycles. The molecule has 2 atom stereocenters. The number of esters is 2. The van der Waals surface area contributed by atoms with Gasteiger partial charge in [0.05, 0.1) is 25.0 Å². The molecule has 0 radical (unpaired) electrons. The molecule has 2 fully saturated rings. The highest BCUT2D eigenvalue weighted by molar-refractivity contribution is 5.78. The zero-order valence-corrected chi connectivity index (χ0v) is 27.7. The standard InChI is InChI=1S/C36H52N2O8/c1-37(2)23-31(25-5-9-27(39)10-6-25)35(19-15-29(41)16-20-35)45-33(43)13-14-34(44)46-36(21-17-30(42)18-22-36)32(24-38(3)4)26-7-11-28(40)12-8-26/h5-12,29-32,39-42H,13-24H2,1-4H3. The summed E-state index contributed by atoms with van der Waals surface area (Å²) in [5.41, 5.74) is 0.103. The van der Waals surface area contributed by atoms with E-state index in [1.165, 1.54) is 0 Å². The van der Waals surface area contributed by atoms with Gasteiger partial charge in [0.15, 0.2) is 0 Å². The second kappa shape index (κ2) is 15.6. The van der Waals surface area contributed by atoms with Crippen LogP contribution in [0.4, 0.5) is 0 Å². The summed E-state index contributed by atoms with van der Waals surface area (Å²) in [6.07, 6.45) is 2.68. The third-order valence-corrected chi connectivity index (χ3v) is 9.73. The second-order valence-corrected chi connectivity index (χ2v) is 13.9. The van der Waals surface area contributed by atoms with Gasteiger partial charge in [-0.2, -0.15) is 0 Å². The van der Waals surface area contributed by atoms with Gasteiger partial charge in [0.2, 0.25) is 0 Å². The summed E-state index contributed by atoms with van der Waals surface area (Å²) >= 11 is 0. The Morgan fingerprint density at radius 3 is 1.24 bits per heavy atom. The molecule has 4 N–H and O–H groups in total. The van der Waals surface area contributed by atoms with Gasteiger partial charge < -0.3 is 39.7 Å². The first-order chi connectivity index (χ1) is 21.8. The van der Waals surface area contributed by atoms with Crippen LogP contribution >= 0.6 is 0 Å². The minimum absolute atomic E-state index is 0.149. The van der Waals surface area contributed by atoms with E-state index < -0.39 is 35.3 Å². The molecule has 2 aliphatic rings. The molecule has 0 spiro atoms. The summed E-state index contributed by atoms with van der Waals surface area (Å²) in [5.74, 6) is -1.10. The summed E-state index contributed by atoms with van der Waals surface area (Å²) in [7, 11) is 7.83. The number of ether oxygens (including phenoxy) is 2. The number of nitrogens with zero attached hydrogens (tertiary/aromatic N) is 2. The molecule has 254 valence electrons. The lowest BCUT2D eigenvalue weighted by Gasteiger charge is -2.45. The molecule has 46 heavy (non-hydrogen) atoms. The molecule has 10 heteroatoms. The van der Waals surface area contributed by atoms with E-state index in [0.717, 1.165) is 11.1 Å². The van der Waals surface area contributed by atoms with E-state index in [1.807, 2.05) is 62.3 Å². The lowest BCUT2D eigenvalue weighted by atomic mass is 9.71. The number of phenolic OH excluding ortho intramolecular Hbond substituents is 2. The lowest BCUT2D eigenvalue weighted by molar-refractivity contribution is -0.177. The van der Waals surface area contributed by atoms with Crippen molar-refractivity contribution in [2.75, 3.05) is 41.3 Å². The number of carbonyl (C=O) groups excluding carboxylic acids is 2. The molecular weight excluding hydrogens is 588 g/mol. The summed E-state index contributed by atoms with van der Waals surface area (Å²) in [5, 5.41) is 40.5. The molecule has 2 aromatic carbocycles. The van der Waals surface area contributed by atoms with Gasteiger partial charge in [0.1, 0.15) is 22.7 Å². The van der Waals surface area contributed by atoms with Crippen molar-refractivity contribution in [3.8, 4) is 11.5 Å². The number of hydrogen-bond donors (Lipinski definition) is 4. The first-order valence-corrected chi connectivity index (χ1v) is 16.5. The minimum Gasteiger partial charge on any atom is -0.508 e. The van der Waals surface area contributed by atoms with Gasteiger partial charge in [-0.3, -0.25) is 9.59 Å². The molecule has 2 aromatic rings. The molecule has 0 amide bonds. The van der Waals surface area contributed by atoms with Crippen LogP contribution in [0.15, 0.2) is 48.5 Å². The minimum atomic E-state index is -0.877. The van der Waals surface area contributed by atoms with Crippen LogP contribution in [0, 0.1) is 0 Å². The molecule has 0 aromatic heterocycles. The topological polar surface area (TPSA) is 140 Å². The molecule has 10 nitrogen and oxygen atoms in total. The number of hydrogen-bond acceptors (Lipinski definition) is 10. The van der Waals surface area contributed by atoms with Crippen molar-refractivity contribution >= 4 is 11.9 Å². The largest absolute Gasteiger partial charge is 0.508 e. The van der Waals surface area contributed by atoms with Gasteiger partial charge in [-0.1, -0.05) is 24.3 Å². The lowest BCUT2D eigenvalue weighted by Crippen LogP contribution is -2.49. The van der Waals surface area contributed by atoms with Crippen LogP contribution < -0.4 is 0 Å². The van der Waals surface area contributed by atoms with Crippen LogP contribution in [0.25, 0.3) is 0 Å². The molecule has 0 saturated heterocycles. The van der Waals surface area contributed by atoms with E-state index in [0.29, 0.717) is 64.5 Å². The zero-order valence-electron chi connectivity index (χ0n) is 27.7. The summed E-state index contributed by atoms with van der Waals surface area (Å²) < 4.78 is 12.6. The Bertz CT molecular complexity index is 1160. The smallest absolute Gasteiger partial charge is 0.306 e. The fraction of sp³-hybridized carbons (Fsp3) is 0.611. The first-order valence-electron chi connectivity index (χ1n) is 16.5. The average molecular weight is 641 g/mol. The Kier molecular flexibility index (Phi) is 12.1. The molecule has 0 heterocycles. The Morgan fingerprint density at radius 2 is 0.957 bits per heavy atom. The van der Waals surface area contributed by atoms with Gasteiger partial charge in [-0.25, -0.2) is 0 Å². The van der Waals surface area contributed by atoms with Gasteiger partial charge in [0, 0.05) is 24.9 Å². The van der Waals surface area contributed by atoms with E-state index in [-0.39, 0.29) is 36.2 Å². The van der Waals surface area contributed by atoms with Crippen molar-refractivity contribution in [1.29, 1.82) is 0 Å². The second-order valence-electron chi connectivity index (χ2n) is 13.9. The van der Waals surface area contributed by atoms with Gasteiger partial charge in [-0.15, -0.1) is 0 Å². The predicted molar refractivity (Wildman–Crippen MR) is 175 cm³/mol. The number of phenols is 2. The highest BCUT2D eigenvalue weighted by atomic mass is 16.6. The maximum atomic E-state index is 13.5. The van der Waals surface area contributed by atoms with E-state index in [4.69, 9.17) is 9.47 Å². The van der Waals surface area contributed by atoms with Gasteiger partial charge in [-0.05, 0) is 115 Å². The van der Waals surface area contributed by atoms with Crippen molar-refractivity contribution in [2.24, 2.45) is 0 Å². The third-order valence-electron chi connectivity index (χ3n) is 9.73. The quantitative estimate of drug-likeness (QED) is 0.234. The normalized spacial score (nSPS) is 26.4. The van der Waals surface area contributed by atoms with Gasteiger partial charge >= 0.3 is 11.9 Å². The molecule has 0 bridgehead atoms. The highest BCUT2D eigenvalue weighted by Gasteiger charge is 2.47. The van der Waals surface area contributed by atoms with Crippen LogP contribution in [-0.4, -0.2) is 107 Å². The van der Waals surface area contributed by atoms with Crippen LogP contribution in [0.1, 0.15) is 87.2 Å². The maximum Gasteiger partial charge on any atom is 0.306 e. The number of aliphatic hydroxyl groups excluding tert-OH is 2. The summed E-state index contributed by atoms with van der Waals surface area (Å²) in [4.78, 5) is 31.1. The summed E-state index contributed by atoms with van der Waals surface area (Å²) in [6.45, 7) is 1.18. The Morgan fingerprint density at radius 1 is 0.652 bits per heavy atom. The molecule has 2 unspecified atom stereocenters. The number of likely N-dealkylation sites (N-methyl/N-ethyl adjacent to an activating group) is 2. The van der Waals surface area contributed by atoms with E-state index >= 15 is 0 Å². The number of carbonyl (C=O) groups is 2. The number of benzene rings is 2. The molecular formula is C36H52N2O8. The Balaban J connectivity index is 1.51. The molecule has 0 aliphatic heterocycles. The van der Waals surface area contributed by atoms with Crippen LogP contribution in [0.5, 0.6) is 11.5 Å². The van der Waals surface area contributed by atoms with Crippen molar-refractivity contribution in [3.63, 3.8) is 0 Å². The van der Waals surface area contributed by atoms with Crippen LogP contribution in [0.3, 0.4) is 0 Å². The zero-order chi connectivity index (χ0) is 33.5. The number of rotatable bonds is 13. The Hall–Kier alpha value is -3.18. The van der Waals surface area contributed by atoms with Crippen molar-refractivity contribution in [3.05, 3.63) is 59.7 Å². The third kappa shape index (κ3) is 9.21. The van der Waals surface area contributed by atoms with Crippen molar-refractivity contribution in [1.82, 2.24) is 9.80 Å². The van der Waals surface area contributed by atoms with Crippen LogP contribution in [0.2, 0.25) is 0 Å². The number of aromatic hydroxyl groups is 2. The molecule has 4 rings (SSSR count). The van der Waals surface area contributed by atoms with E-state index in [9.17, 15) is 30.0 Å². The average Bonchev–Trinajstić information content (AvgIpc) is 3.01. The van der Waals surface area contributed by atoms with E-state index in [1.54, 1.807) is 24.3 Å². The SMILES string of the molecule is CN(C)CC(c1ccc(O)cc1)C1(OC(=O)CCC(=O)OC2(C(CN(C)C)c3ccc(O)cc3)CCC(O)CC2)CCC(O)CC1. The fourth-order valence-corrected chi connectivity index (χ4v) is 7.28. The van der Waals surface area contributed by atoms with Gasteiger partial charge in [0.25, 0.3) is 0 Å². The fourth-order valence-electron chi connectivity index (χ4n) is 7.28. The van der Waals surface area contributed by atoms with Crippen LogP contribution in [-0.2, 0) is 19.1 Å². The maximum absolute atomic E-state index is 13.5. The predicted octanol–water partition coefficient (Wildman–Crippen LogP) is 4.30. The van der Waals surface area contributed by atoms with E-state index in [2.05, 4.69) is 0 Å².